The Morgan fingerprint density at radius 3 is 2.89 bits per heavy atom. The number of carbonyl (C=O) groups excluding carboxylic acids is 1. The SMILES string of the molecule is O=Cc1csc(Cc2ccc3c(c2)OCCO3)n1. The Labute approximate surface area is 108 Å². The number of benzene rings is 1. The summed E-state index contributed by atoms with van der Waals surface area (Å²) in [5, 5.41) is 2.69. The average Bonchev–Trinajstić information content (AvgIpc) is 2.86. The fourth-order valence-corrected chi connectivity index (χ4v) is 2.61. The van der Waals surface area contributed by atoms with E-state index in [-0.39, 0.29) is 0 Å². The van der Waals surface area contributed by atoms with Gasteiger partial charge in [0.2, 0.25) is 0 Å². The molecule has 0 spiro atoms. The molecule has 3 rings (SSSR count). The Bertz CT molecular complexity index is 579. The maximum atomic E-state index is 10.6. The Kier molecular flexibility index (Phi) is 2.98. The lowest BCUT2D eigenvalue weighted by Gasteiger charge is -2.18. The third-order valence-electron chi connectivity index (χ3n) is 2.65. The van der Waals surface area contributed by atoms with Crippen molar-refractivity contribution >= 4 is 17.6 Å². The standard InChI is InChI=1S/C13H11NO3S/c15-7-10-8-18-13(14-10)6-9-1-2-11-12(5-9)17-4-3-16-11/h1-2,5,7-8H,3-4,6H2. The third-order valence-corrected chi connectivity index (χ3v) is 3.52. The lowest BCUT2D eigenvalue weighted by molar-refractivity contribution is 0.111. The van der Waals surface area contributed by atoms with E-state index in [2.05, 4.69) is 4.98 Å². The second kappa shape index (κ2) is 4.78. The number of aromatic nitrogens is 1. The molecule has 0 N–H and O–H groups in total. The number of hydrogen-bond acceptors (Lipinski definition) is 5. The Morgan fingerprint density at radius 2 is 2.11 bits per heavy atom. The summed E-state index contributed by atoms with van der Waals surface area (Å²) in [6.45, 7) is 1.19. The highest BCUT2D eigenvalue weighted by Gasteiger charge is 2.12. The van der Waals surface area contributed by atoms with E-state index in [1.165, 1.54) is 11.3 Å². The molecule has 2 heterocycles. The molecule has 18 heavy (non-hydrogen) atoms. The first kappa shape index (κ1) is 11.2. The molecule has 1 aromatic carbocycles. The quantitative estimate of drug-likeness (QED) is 0.796. The van der Waals surface area contributed by atoms with Crippen molar-refractivity contribution in [2.75, 3.05) is 13.2 Å². The molecule has 1 aliphatic rings. The predicted molar refractivity (Wildman–Crippen MR) is 67.7 cm³/mol. The minimum absolute atomic E-state index is 0.493. The first-order valence-electron chi connectivity index (χ1n) is 5.63. The molecule has 92 valence electrons. The highest BCUT2D eigenvalue weighted by Crippen LogP contribution is 2.31. The summed E-state index contributed by atoms with van der Waals surface area (Å²) < 4.78 is 11.0. The molecule has 0 amide bonds. The van der Waals surface area contributed by atoms with E-state index in [9.17, 15) is 4.79 Å². The van der Waals surface area contributed by atoms with Crippen molar-refractivity contribution in [3.63, 3.8) is 0 Å². The van der Waals surface area contributed by atoms with Gasteiger partial charge in [-0.25, -0.2) is 4.98 Å². The van der Waals surface area contributed by atoms with Gasteiger partial charge in [0.1, 0.15) is 18.9 Å². The van der Waals surface area contributed by atoms with Crippen LogP contribution in [0.5, 0.6) is 11.5 Å². The first-order valence-corrected chi connectivity index (χ1v) is 6.51. The van der Waals surface area contributed by atoms with Crippen molar-refractivity contribution in [1.29, 1.82) is 0 Å². The van der Waals surface area contributed by atoms with Crippen molar-refractivity contribution in [3.05, 3.63) is 39.8 Å². The zero-order chi connectivity index (χ0) is 12.4. The number of nitrogens with zero attached hydrogens (tertiary/aromatic N) is 1. The molecule has 2 aromatic rings. The van der Waals surface area contributed by atoms with Gasteiger partial charge >= 0.3 is 0 Å². The molecule has 4 nitrogen and oxygen atoms in total. The minimum atomic E-state index is 0.493. The van der Waals surface area contributed by atoms with Crippen molar-refractivity contribution < 1.29 is 14.3 Å². The Morgan fingerprint density at radius 1 is 1.28 bits per heavy atom. The smallest absolute Gasteiger partial charge is 0.169 e. The van der Waals surface area contributed by atoms with E-state index in [0.29, 0.717) is 25.3 Å². The van der Waals surface area contributed by atoms with E-state index in [1.807, 2.05) is 18.2 Å². The zero-order valence-corrected chi connectivity index (χ0v) is 10.4. The number of carbonyl (C=O) groups is 1. The summed E-state index contributed by atoms with van der Waals surface area (Å²) in [5.41, 5.74) is 1.60. The minimum Gasteiger partial charge on any atom is -0.486 e. The number of ether oxygens (including phenoxy) is 2. The van der Waals surface area contributed by atoms with Crippen LogP contribution in [0.15, 0.2) is 23.6 Å². The van der Waals surface area contributed by atoms with Gasteiger partial charge in [0.25, 0.3) is 0 Å². The normalized spacial score (nSPS) is 13.3. The van der Waals surface area contributed by atoms with Gasteiger partial charge in [-0.1, -0.05) is 6.07 Å². The first-order chi connectivity index (χ1) is 8.85. The molecule has 1 aromatic heterocycles. The summed E-state index contributed by atoms with van der Waals surface area (Å²) in [5.74, 6) is 1.57. The summed E-state index contributed by atoms with van der Waals surface area (Å²) in [6, 6.07) is 5.88. The monoisotopic (exact) mass is 261 g/mol. The number of thiazole rings is 1. The number of aldehydes is 1. The van der Waals surface area contributed by atoms with Gasteiger partial charge in [0, 0.05) is 11.8 Å². The number of rotatable bonds is 3. The van der Waals surface area contributed by atoms with E-state index in [0.717, 1.165) is 28.4 Å². The van der Waals surface area contributed by atoms with Crippen molar-refractivity contribution in [2.24, 2.45) is 0 Å². The molecule has 5 heteroatoms. The topological polar surface area (TPSA) is 48.4 Å². The van der Waals surface area contributed by atoms with Crippen LogP contribution in [-0.4, -0.2) is 24.5 Å². The summed E-state index contributed by atoms with van der Waals surface area (Å²) >= 11 is 1.49. The van der Waals surface area contributed by atoms with Crippen molar-refractivity contribution in [3.8, 4) is 11.5 Å². The van der Waals surface area contributed by atoms with E-state index < -0.39 is 0 Å². The van der Waals surface area contributed by atoms with Crippen LogP contribution in [0, 0.1) is 0 Å². The predicted octanol–water partition coefficient (Wildman–Crippen LogP) is 2.32. The second-order valence-electron chi connectivity index (χ2n) is 3.94. The molecule has 0 unspecified atom stereocenters. The molecule has 1 aliphatic heterocycles. The molecule has 0 fully saturated rings. The van der Waals surface area contributed by atoms with Crippen LogP contribution < -0.4 is 9.47 Å². The molecular formula is C13H11NO3S. The number of hydrogen-bond donors (Lipinski definition) is 0. The van der Waals surface area contributed by atoms with Gasteiger partial charge in [0.15, 0.2) is 17.8 Å². The van der Waals surface area contributed by atoms with Crippen LogP contribution in [-0.2, 0) is 6.42 Å². The van der Waals surface area contributed by atoms with Crippen molar-refractivity contribution in [2.45, 2.75) is 6.42 Å². The van der Waals surface area contributed by atoms with Gasteiger partial charge in [-0.3, -0.25) is 4.79 Å². The van der Waals surface area contributed by atoms with Gasteiger partial charge in [0.05, 0.1) is 5.01 Å². The van der Waals surface area contributed by atoms with Crippen LogP contribution in [0.3, 0.4) is 0 Å². The van der Waals surface area contributed by atoms with Crippen LogP contribution in [0.2, 0.25) is 0 Å². The summed E-state index contributed by atoms with van der Waals surface area (Å²) in [7, 11) is 0. The number of fused-ring (bicyclic) bond motifs is 1. The second-order valence-corrected chi connectivity index (χ2v) is 4.88. The maximum absolute atomic E-state index is 10.6. The molecule has 0 saturated carbocycles. The van der Waals surface area contributed by atoms with Crippen molar-refractivity contribution in [1.82, 2.24) is 4.98 Å². The molecule has 0 aliphatic carbocycles. The van der Waals surface area contributed by atoms with E-state index >= 15 is 0 Å². The maximum Gasteiger partial charge on any atom is 0.169 e. The summed E-state index contributed by atoms with van der Waals surface area (Å²) in [6.07, 6.45) is 1.47. The van der Waals surface area contributed by atoms with Gasteiger partial charge in [-0.2, -0.15) is 0 Å². The van der Waals surface area contributed by atoms with Gasteiger partial charge in [-0.05, 0) is 17.7 Å². The van der Waals surface area contributed by atoms with E-state index in [4.69, 9.17) is 9.47 Å². The largest absolute Gasteiger partial charge is 0.486 e. The third kappa shape index (κ3) is 2.22. The van der Waals surface area contributed by atoms with Crippen LogP contribution in [0.25, 0.3) is 0 Å². The molecular weight excluding hydrogens is 250 g/mol. The average molecular weight is 261 g/mol. The van der Waals surface area contributed by atoms with E-state index in [1.54, 1.807) is 5.38 Å². The Hall–Kier alpha value is -1.88. The van der Waals surface area contributed by atoms with Crippen LogP contribution in [0.4, 0.5) is 0 Å². The lowest BCUT2D eigenvalue weighted by atomic mass is 10.1. The zero-order valence-electron chi connectivity index (χ0n) is 9.59. The van der Waals surface area contributed by atoms with Crippen LogP contribution in [0.1, 0.15) is 21.1 Å². The molecule has 0 bridgehead atoms. The summed E-state index contributed by atoms with van der Waals surface area (Å²) in [4.78, 5) is 14.8. The van der Waals surface area contributed by atoms with Gasteiger partial charge in [-0.15, -0.1) is 11.3 Å². The fourth-order valence-electron chi connectivity index (χ4n) is 1.83. The molecule has 0 radical (unpaired) electrons. The fraction of sp³-hybridized carbons (Fsp3) is 0.231. The molecule has 0 saturated heterocycles. The Balaban J connectivity index is 1.82. The lowest BCUT2D eigenvalue weighted by Crippen LogP contribution is -2.15. The highest BCUT2D eigenvalue weighted by molar-refractivity contribution is 7.09. The highest BCUT2D eigenvalue weighted by atomic mass is 32.1. The van der Waals surface area contributed by atoms with Crippen LogP contribution >= 0.6 is 11.3 Å². The molecule has 0 atom stereocenters. The van der Waals surface area contributed by atoms with Gasteiger partial charge < -0.3 is 9.47 Å².